The number of anilines is 1. The second-order valence-electron chi connectivity index (χ2n) is 10.1. The lowest BCUT2D eigenvalue weighted by Crippen LogP contribution is -2.53. The standard InChI is InChI=1S/C31H37N3O7S/c1-5-27(31(36)32-22(2)3)33(20-23-10-9-11-25(18-23)39-4)30(35)21-34(42(37,38)26-12-7-6-8-13-26)24-14-15-28-29(19-24)41-17-16-40-28/h6-15,18-19,22,27H,5,16-17,20-21H2,1-4H3,(H,32,36)/t27-/m0/s1. The van der Waals surface area contributed by atoms with Gasteiger partial charge in [0.1, 0.15) is 31.5 Å². The first-order valence-electron chi connectivity index (χ1n) is 13.8. The van der Waals surface area contributed by atoms with Crippen LogP contribution in [-0.2, 0) is 26.2 Å². The van der Waals surface area contributed by atoms with E-state index in [1.54, 1.807) is 61.7 Å². The molecule has 3 aromatic rings. The molecule has 0 spiro atoms. The lowest BCUT2D eigenvalue weighted by atomic mass is 10.1. The van der Waals surface area contributed by atoms with Crippen LogP contribution < -0.4 is 23.8 Å². The molecule has 42 heavy (non-hydrogen) atoms. The van der Waals surface area contributed by atoms with E-state index in [9.17, 15) is 18.0 Å². The van der Waals surface area contributed by atoms with E-state index in [0.717, 1.165) is 9.87 Å². The number of carbonyl (C=O) groups excluding carboxylic acids is 2. The van der Waals surface area contributed by atoms with Crippen molar-refractivity contribution in [3.05, 3.63) is 78.4 Å². The zero-order valence-electron chi connectivity index (χ0n) is 24.3. The molecule has 1 heterocycles. The molecule has 4 rings (SSSR count). The largest absolute Gasteiger partial charge is 0.497 e. The van der Waals surface area contributed by atoms with Crippen molar-refractivity contribution in [2.45, 2.75) is 50.7 Å². The molecule has 0 fully saturated rings. The van der Waals surface area contributed by atoms with Gasteiger partial charge in [-0.3, -0.25) is 13.9 Å². The Morgan fingerprint density at radius 3 is 2.33 bits per heavy atom. The molecule has 2 amide bonds. The van der Waals surface area contributed by atoms with E-state index in [4.69, 9.17) is 14.2 Å². The molecular formula is C31H37N3O7S. The quantitative estimate of drug-likeness (QED) is 0.337. The Hall–Kier alpha value is -4.25. The third-order valence-corrected chi connectivity index (χ3v) is 8.52. The van der Waals surface area contributed by atoms with Crippen molar-refractivity contribution in [3.63, 3.8) is 0 Å². The van der Waals surface area contributed by atoms with Gasteiger partial charge in [-0.1, -0.05) is 37.3 Å². The molecule has 1 atom stereocenters. The van der Waals surface area contributed by atoms with Crippen LogP contribution in [0.25, 0.3) is 0 Å². The van der Waals surface area contributed by atoms with Gasteiger partial charge in [0.25, 0.3) is 10.0 Å². The Kier molecular flexibility index (Phi) is 9.95. The van der Waals surface area contributed by atoms with Gasteiger partial charge in [-0.15, -0.1) is 0 Å². The Balaban J connectivity index is 1.76. The van der Waals surface area contributed by atoms with Crippen LogP contribution in [0.2, 0.25) is 0 Å². The molecule has 0 aromatic heterocycles. The summed E-state index contributed by atoms with van der Waals surface area (Å²) in [6, 6.07) is 18.9. The number of ether oxygens (including phenoxy) is 3. The smallest absolute Gasteiger partial charge is 0.264 e. The Bertz CT molecular complexity index is 1500. The van der Waals surface area contributed by atoms with E-state index < -0.39 is 28.5 Å². The van der Waals surface area contributed by atoms with Crippen LogP contribution in [0.5, 0.6) is 17.2 Å². The maximum atomic E-state index is 14.2. The number of hydrogen-bond acceptors (Lipinski definition) is 7. The predicted octanol–water partition coefficient (Wildman–Crippen LogP) is 3.99. The highest BCUT2D eigenvalue weighted by Crippen LogP contribution is 2.36. The molecule has 3 aromatic carbocycles. The highest BCUT2D eigenvalue weighted by Gasteiger charge is 2.34. The number of nitrogens with one attached hydrogen (secondary N) is 1. The van der Waals surface area contributed by atoms with Crippen LogP contribution >= 0.6 is 0 Å². The van der Waals surface area contributed by atoms with Gasteiger partial charge in [-0.25, -0.2) is 8.42 Å². The summed E-state index contributed by atoms with van der Waals surface area (Å²) in [7, 11) is -2.65. The summed E-state index contributed by atoms with van der Waals surface area (Å²) in [5, 5.41) is 2.89. The van der Waals surface area contributed by atoms with Crippen LogP contribution in [0.4, 0.5) is 5.69 Å². The molecule has 0 saturated heterocycles. The molecule has 0 saturated carbocycles. The second kappa shape index (κ2) is 13.6. The van der Waals surface area contributed by atoms with Crippen molar-refractivity contribution in [2.75, 3.05) is 31.2 Å². The van der Waals surface area contributed by atoms with Crippen molar-refractivity contribution in [1.29, 1.82) is 0 Å². The monoisotopic (exact) mass is 595 g/mol. The molecule has 0 aliphatic carbocycles. The van der Waals surface area contributed by atoms with E-state index in [1.807, 2.05) is 26.8 Å². The summed E-state index contributed by atoms with van der Waals surface area (Å²) < 4.78 is 45.7. The first-order chi connectivity index (χ1) is 20.1. The molecule has 11 heteroatoms. The summed E-state index contributed by atoms with van der Waals surface area (Å²) in [5.41, 5.74) is 0.966. The fourth-order valence-electron chi connectivity index (χ4n) is 4.70. The number of fused-ring (bicyclic) bond motifs is 1. The average molecular weight is 596 g/mol. The van der Waals surface area contributed by atoms with Gasteiger partial charge in [0, 0.05) is 18.7 Å². The molecule has 0 bridgehead atoms. The number of hydrogen-bond donors (Lipinski definition) is 1. The van der Waals surface area contributed by atoms with Gasteiger partial charge in [0.2, 0.25) is 11.8 Å². The minimum absolute atomic E-state index is 0.0247. The van der Waals surface area contributed by atoms with Crippen LogP contribution in [0.15, 0.2) is 77.7 Å². The minimum atomic E-state index is -4.20. The summed E-state index contributed by atoms with van der Waals surface area (Å²) >= 11 is 0. The van der Waals surface area contributed by atoms with Gasteiger partial charge in [0.05, 0.1) is 17.7 Å². The molecule has 1 aliphatic rings. The summed E-state index contributed by atoms with van der Waals surface area (Å²) in [5.74, 6) is 0.613. The van der Waals surface area contributed by atoms with Gasteiger partial charge < -0.3 is 24.4 Å². The zero-order chi connectivity index (χ0) is 30.3. The van der Waals surface area contributed by atoms with E-state index in [2.05, 4.69) is 5.32 Å². The third kappa shape index (κ3) is 7.14. The highest BCUT2D eigenvalue weighted by molar-refractivity contribution is 7.92. The van der Waals surface area contributed by atoms with E-state index in [-0.39, 0.29) is 29.1 Å². The number of rotatable bonds is 12. The van der Waals surface area contributed by atoms with Crippen molar-refractivity contribution in [2.24, 2.45) is 0 Å². The van der Waals surface area contributed by atoms with E-state index >= 15 is 0 Å². The first kappa shape index (κ1) is 30.7. The van der Waals surface area contributed by atoms with Crippen LogP contribution in [-0.4, -0.2) is 64.1 Å². The summed E-state index contributed by atoms with van der Waals surface area (Å²) in [4.78, 5) is 28.9. The van der Waals surface area contributed by atoms with Gasteiger partial charge in [0.15, 0.2) is 11.5 Å². The van der Waals surface area contributed by atoms with Gasteiger partial charge in [-0.05, 0) is 62.2 Å². The number of methoxy groups -OCH3 is 1. The van der Waals surface area contributed by atoms with Crippen LogP contribution in [0.3, 0.4) is 0 Å². The van der Waals surface area contributed by atoms with E-state index in [1.165, 1.54) is 17.0 Å². The lowest BCUT2D eigenvalue weighted by molar-refractivity contribution is -0.140. The number of sulfonamides is 1. The maximum absolute atomic E-state index is 14.2. The topological polar surface area (TPSA) is 114 Å². The maximum Gasteiger partial charge on any atom is 0.264 e. The number of carbonyl (C=O) groups is 2. The molecule has 1 aliphatic heterocycles. The fraction of sp³-hybridized carbons (Fsp3) is 0.355. The molecular weight excluding hydrogens is 558 g/mol. The summed E-state index contributed by atoms with van der Waals surface area (Å²) in [6.45, 7) is 5.72. The van der Waals surface area contributed by atoms with Crippen molar-refractivity contribution in [1.82, 2.24) is 10.2 Å². The summed E-state index contributed by atoms with van der Waals surface area (Å²) in [6.07, 6.45) is 0.323. The number of amides is 2. The lowest BCUT2D eigenvalue weighted by Gasteiger charge is -2.33. The van der Waals surface area contributed by atoms with Gasteiger partial charge in [-0.2, -0.15) is 0 Å². The van der Waals surface area contributed by atoms with Crippen molar-refractivity contribution >= 4 is 27.5 Å². The van der Waals surface area contributed by atoms with Gasteiger partial charge >= 0.3 is 0 Å². The third-order valence-electron chi connectivity index (χ3n) is 6.73. The molecule has 0 radical (unpaired) electrons. The second-order valence-corrected chi connectivity index (χ2v) is 12.0. The molecule has 224 valence electrons. The van der Waals surface area contributed by atoms with Crippen LogP contribution in [0.1, 0.15) is 32.8 Å². The normalized spacial score (nSPS) is 13.3. The Morgan fingerprint density at radius 2 is 1.67 bits per heavy atom. The van der Waals surface area contributed by atoms with Crippen molar-refractivity contribution < 1.29 is 32.2 Å². The Labute approximate surface area is 247 Å². The molecule has 10 nitrogen and oxygen atoms in total. The van der Waals surface area contributed by atoms with Crippen LogP contribution in [0, 0.1) is 0 Å². The SMILES string of the molecule is CC[C@@H](C(=O)NC(C)C)N(Cc1cccc(OC)c1)C(=O)CN(c1ccc2c(c1)OCCO2)S(=O)(=O)c1ccccc1. The number of nitrogens with zero attached hydrogens (tertiary/aromatic N) is 2. The predicted molar refractivity (Wildman–Crippen MR) is 159 cm³/mol. The Morgan fingerprint density at radius 1 is 0.952 bits per heavy atom. The number of benzene rings is 3. The van der Waals surface area contributed by atoms with Crippen molar-refractivity contribution in [3.8, 4) is 17.2 Å². The van der Waals surface area contributed by atoms with E-state index in [0.29, 0.717) is 36.9 Å². The highest BCUT2D eigenvalue weighted by atomic mass is 32.2. The molecule has 0 unspecified atom stereocenters. The minimum Gasteiger partial charge on any atom is -0.497 e. The first-order valence-corrected chi connectivity index (χ1v) is 15.3. The average Bonchev–Trinajstić information content (AvgIpc) is 2.99. The fourth-order valence-corrected chi connectivity index (χ4v) is 6.13. The molecule has 1 N–H and O–H groups in total. The zero-order valence-corrected chi connectivity index (χ0v) is 25.1.